The summed E-state index contributed by atoms with van der Waals surface area (Å²) >= 11 is 11.6. The molecule has 2 nitrogen and oxygen atoms in total. The molecule has 1 aromatic rings. The first kappa shape index (κ1) is 12.6. The minimum Gasteiger partial charge on any atom is -0.491 e. The maximum atomic E-state index is 5.85. The molecule has 4 heteroatoms. The van der Waals surface area contributed by atoms with Crippen molar-refractivity contribution < 1.29 is 9.47 Å². The van der Waals surface area contributed by atoms with Crippen LogP contribution in [0.1, 0.15) is 12.5 Å². The van der Waals surface area contributed by atoms with Crippen molar-refractivity contribution in [3.05, 3.63) is 28.8 Å². The van der Waals surface area contributed by atoms with Crippen LogP contribution in [0.2, 0.25) is 5.02 Å². The van der Waals surface area contributed by atoms with Crippen LogP contribution in [0.4, 0.5) is 0 Å². The van der Waals surface area contributed by atoms with E-state index >= 15 is 0 Å². The number of benzene rings is 1. The largest absolute Gasteiger partial charge is 0.491 e. The molecular formula is C11H14Cl2O2. The minimum absolute atomic E-state index is 0.0591. The molecule has 0 N–H and O–H groups in total. The molecule has 15 heavy (non-hydrogen) atoms. The van der Waals surface area contributed by atoms with Gasteiger partial charge in [0, 0.05) is 17.7 Å². The molecule has 1 unspecified atom stereocenters. The molecule has 1 aromatic carbocycles. The van der Waals surface area contributed by atoms with E-state index in [2.05, 4.69) is 0 Å². The highest BCUT2D eigenvalue weighted by molar-refractivity contribution is 6.30. The van der Waals surface area contributed by atoms with Gasteiger partial charge in [0.2, 0.25) is 0 Å². The lowest BCUT2D eigenvalue weighted by atomic mass is 10.2. The maximum absolute atomic E-state index is 5.85. The average molecular weight is 249 g/mol. The Morgan fingerprint density at radius 3 is 2.73 bits per heavy atom. The highest BCUT2D eigenvalue weighted by Crippen LogP contribution is 2.24. The molecule has 1 rings (SSSR count). The lowest BCUT2D eigenvalue weighted by Crippen LogP contribution is -2.16. The number of rotatable bonds is 5. The van der Waals surface area contributed by atoms with Gasteiger partial charge >= 0.3 is 0 Å². The van der Waals surface area contributed by atoms with Crippen molar-refractivity contribution in [1.82, 2.24) is 0 Å². The summed E-state index contributed by atoms with van der Waals surface area (Å²) < 4.78 is 10.7. The monoisotopic (exact) mass is 248 g/mol. The van der Waals surface area contributed by atoms with Crippen molar-refractivity contribution in [2.45, 2.75) is 18.9 Å². The van der Waals surface area contributed by atoms with Crippen molar-refractivity contribution in [1.29, 1.82) is 0 Å². The van der Waals surface area contributed by atoms with Crippen LogP contribution in [0.25, 0.3) is 0 Å². The van der Waals surface area contributed by atoms with Crippen LogP contribution < -0.4 is 4.74 Å². The molecule has 0 amide bonds. The van der Waals surface area contributed by atoms with Crippen LogP contribution in [-0.4, -0.2) is 19.8 Å². The van der Waals surface area contributed by atoms with Gasteiger partial charge in [-0.05, 0) is 25.1 Å². The Labute approximate surface area is 100 Å². The van der Waals surface area contributed by atoms with E-state index in [1.54, 1.807) is 19.2 Å². The van der Waals surface area contributed by atoms with E-state index in [0.29, 0.717) is 17.5 Å². The third-order valence-electron chi connectivity index (χ3n) is 2.04. The molecule has 0 fully saturated rings. The zero-order valence-corrected chi connectivity index (χ0v) is 10.3. The van der Waals surface area contributed by atoms with E-state index in [1.807, 2.05) is 13.0 Å². The van der Waals surface area contributed by atoms with Gasteiger partial charge < -0.3 is 9.47 Å². The fourth-order valence-electron chi connectivity index (χ4n) is 1.07. The molecule has 0 aliphatic rings. The van der Waals surface area contributed by atoms with E-state index in [-0.39, 0.29) is 6.10 Å². The molecule has 84 valence electrons. The molecule has 0 aliphatic heterocycles. The number of ether oxygens (including phenoxy) is 2. The van der Waals surface area contributed by atoms with Gasteiger partial charge in [-0.25, -0.2) is 0 Å². The molecule has 0 saturated carbocycles. The van der Waals surface area contributed by atoms with Crippen molar-refractivity contribution in [3.63, 3.8) is 0 Å². The SMILES string of the molecule is COC(C)COc1ccc(Cl)cc1CCl. The smallest absolute Gasteiger partial charge is 0.123 e. The van der Waals surface area contributed by atoms with E-state index in [4.69, 9.17) is 32.7 Å². The van der Waals surface area contributed by atoms with Crippen molar-refractivity contribution in [2.75, 3.05) is 13.7 Å². The van der Waals surface area contributed by atoms with Gasteiger partial charge in [-0.3, -0.25) is 0 Å². The summed E-state index contributed by atoms with van der Waals surface area (Å²) in [7, 11) is 1.65. The Morgan fingerprint density at radius 1 is 1.40 bits per heavy atom. The first-order valence-corrected chi connectivity index (χ1v) is 5.58. The second-order valence-corrected chi connectivity index (χ2v) is 3.95. The van der Waals surface area contributed by atoms with E-state index in [0.717, 1.165) is 11.3 Å². The van der Waals surface area contributed by atoms with Crippen LogP contribution in [0, 0.1) is 0 Å². The summed E-state index contributed by atoms with van der Waals surface area (Å²) in [6, 6.07) is 5.41. The van der Waals surface area contributed by atoms with Crippen molar-refractivity contribution in [3.8, 4) is 5.75 Å². The number of alkyl halides is 1. The highest BCUT2D eigenvalue weighted by Gasteiger charge is 2.06. The molecule has 0 saturated heterocycles. The van der Waals surface area contributed by atoms with E-state index in [1.165, 1.54) is 0 Å². The molecule has 0 aromatic heterocycles. The van der Waals surface area contributed by atoms with Crippen LogP contribution >= 0.6 is 23.2 Å². The van der Waals surface area contributed by atoms with Gasteiger partial charge in [-0.15, -0.1) is 11.6 Å². The summed E-state index contributed by atoms with van der Waals surface area (Å²) in [5.74, 6) is 1.15. The third-order valence-corrected chi connectivity index (χ3v) is 2.57. The van der Waals surface area contributed by atoms with Crippen molar-refractivity contribution >= 4 is 23.2 Å². The first-order valence-electron chi connectivity index (χ1n) is 4.67. The standard InChI is InChI=1S/C11H14Cl2O2/c1-8(14-2)7-15-11-4-3-10(13)5-9(11)6-12/h3-5,8H,6-7H2,1-2H3. The summed E-state index contributed by atoms with van der Waals surface area (Å²) in [6.07, 6.45) is 0.0591. The van der Waals surface area contributed by atoms with Crippen LogP contribution in [-0.2, 0) is 10.6 Å². The lowest BCUT2D eigenvalue weighted by molar-refractivity contribution is 0.0714. The lowest BCUT2D eigenvalue weighted by Gasteiger charge is -2.13. The summed E-state index contributed by atoms with van der Waals surface area (Å²) in [6.45, 7) is 2.44. The van der Waals surface area contributed by atoms with Crippen LogP contribution in [0.5, 0.6) is 5.75 Å². The van der Waals surface area contributed by atoms with Crippen LogP contribution in [0.15, 0.2) is 18.2 Å². The molecular weight excluding hydrogens is 235 g/mol. The van der Waals surface area contributed by atoms with Crippen molar-refractivity contribution in [2.24, 2.45) is 0 Å². The Bertz CT molecular complexity index is 315. The Balaban J connectivity index is 2.67. The van der Waals surface area contributed by atoms with Gasteiger partial charge in [-0.1, -0.05) is 11.6 Å². The number of halogens is 2. The Hall–Kier alpha value is -0.440. The predicted octanol–water partition coefficient (Wildman–Crippen LogP) is 3.49. The predicted molar refractivity (Wildman–Crippen MR) is 63.0 cm³/mol. The van der Waals surface area contributed by atoms with Gasteiger partial charge in [0.05, 0.1) is 12.0 Å². The normalized spacial score (nSPS) is 12.5. The Kier molecular flexibility index (Phi) is 5.23. The number of hydrogen-bond acceptors (Lipinski definition) is 2. The maximum Gasteiger partial charge on any atom is 0.123 e. The minimum atomic E-state index is 0.0591. The van der Waals surface area contributed by atoms with Gasteiger partial charge in [0.1, 0.15) is 12.4 Å². The zero-order chi connectivity index (χ0) is 11.3. The number of methoxy groups -OCH3 is 1. The first-order chi connectivity index (χ1) is 7.17. The Morgan fingerprint density at radius 2 is 2.13 bits per heavy atom. The van der Waals surface area contributed by atoms with Crippen LogP contribution in [0.3, 0.4) is 0 Å². The molecule has 0 aliphatic carbocycles. The summed E-state index contributed by atoms with van der Waals surface area (Å²) in [5, 5.41) is 0.665. The highest BCUT2D eigenvalue weighted by atomic mass is 35.5. The van der Waals surface area contributed by atoms with Gasteiger partial charge in [-0.2, -0.15) is 0 Å². The van der Waals surface area contributed by atoms with E-state index in [9.17, 15) is 0 Å². The molecule has 0 radical (unpaired) electrons. The molecule has 0 bridgehead atoms. The molecule has 0 heterocycles. The summed E-state index contributed by atoms with van der Waals surface area (Å²) in [4.78, 5) is 0. The molecule has 0 spiro atoms. The molecule has 1 atom stereocenters. The number of hydrogen-bond donors (Lipinski definition) is 0. The fourth-order valence-corrected chi connectivity index (χ4v) is 1.47. The topological polar surface area (TPSA) is 18.5 Å². The summed E-state index contributed by atoms with van der Waals surface area (Å²) in [5.41, 5.74) is 0.896. The van der Waals surface area contributed by atoms with Gasteiger partial charge in [0.15, 0.2) is 0 Å². The second-order valence-electron chi connectivity index (χ2n) is 3.24. The van der Waals surface area contributed by atoms with E-state index < -0.39 is 0 Å². The fraction of sp³-hybridized carbons (Fsp3) is 0.455. The quantitative estimate of drug-likeness (QED) is 0.743. The second kappa shape index (κ2) is 6.21. The average Bonchev–Trinajstić information content (AvgIpc) is 2.26. The zero-order valence-electron chi connectivity index (χ0n) is 8.80. The third kappa shape index (κ3) is 3.90. The van der Waals surface area contributed by atoms with Gasteiger partial charge in [0.25, 0.3) is 0 Å².